The van der Waals surface area contributed by atoms with Gasteiger partial charge in [0.25, 0.3) is 5.91 Å². The van der Waals surface area contributed by atoms with Gasteiger partial charge in [0.15, 0.2) is 0 Å². The van der Waals surface area contributed by atoms with Gasteiger partial charge in [-0.1, -0.05) is 42.5 Å². The maximum Gasteiger partial charge on any atom is 0.255 e. The van der Waals surface area contributed by atoms with Crippen LogP contribution in [0.3, 0.4) is 0 Å². The second-order valence-corrected chi connectivity index (χ2v) is 6.30. The van der Waals surface area contributed by atoms with E-state index in [1.54, 1.807) is 14.2 Å². The lowest BCUT2D eigenvalue weighted by Crippen LogP contribution is -2.29. The van der Waals surface area contributed by atoms with E-state index in [0.717, 1.165) is 22.1 Å². The van der Waals surface area contributed by atoms with Crippen molar-refractivity contribution in [3.63, 3.8) is 0 Å². The van der Waals surface area contributed by atoms with Crippen molar-refractivity contribution >= 4 is 16.7 Å². The zero-order valence-electron chi connectivity index (χ0n) is 16.4. The van der Waals surface area contributed by atoms with E-state index < -0.39 is 0 Å². The number of carbonyl (C=O) groups excluding carboxylic acids is 1. The van der Waals surface area contributed by atoms with Crippen LogP contribution in [0.5, 0.6) is 11.5 Å². The Morgan fingerprint density at radius 2 is 1.86 bits per heavy atom. The number of ether oxygens (including phenoxy) is 3. The van der Waals surface area contributed by atoms with E-state index >= 15 is 0 Å². The number of hydrogen-bond donors (Lipinski definition) is 1. The monoisotopic (exact) mass is 379 g/mol. The Morgan fingerprint density at radius 3 is 2.61 bits per heavy atom. The first kappa shape index (κ1) is 19.7. The normalized spacial score (nSPS) is 11.8. The Morgan fingerprint density at radius 1 is 1.04 bits per heavy atom. The average molecular weight is 379 g/mol. The summed E-state index contributed by atoms with van der Waals surface area (Å²) in [5.41, 5.74) is 1.48. The van der Waals surface area contributed by atoms with Crippen LogP contribution in [-0.2, 0) is 4.74 Å². The number of hydrogen-bond acceptors (Lipinski definition) is 4. The lowest BCUT2D eigenvalue weighted by molar-refractivity contribution is 0.0826. The van der Waals surface area contributed by atoms with Crippen LogP contribution in [0, 0.1) is 0 Å². The molecule has 0 spiro atoms. The second-order valence-electron chi connectivity index (χ2n) is 6.30. The van der Waals surface area contributed by atoms with Gasteiger partial charge in [-0.2, -0.15) is 0 Å². The summed E-state index contributed by atoms with van der Waals surface area (Å²) in [7, 11) is 3.25. The zero-order chi connectivity index (χ0) is 19.9. The van der Waals surface area contributed by atoms with E-state index in [9.17, 15) is 4.79 Å². The summed E-state index contributed by atoms with van der Waals surface area (Å²) in [5, 5.41) is 4.85. The first-order chi connectivity index (χ1) is 13.7. The SMILES string of the molecule is CCOc1ccc2ccccc2c1C(=O)NCC(OC)c1cccc(OC)c1. The van der Waals surface area contributed by atoms with Crippen molar-refractivity contribution in [2.24, 2.45) is 0 Å². The van der Waals surface area contributed by atoms with E-state index in [0.29, 0.717) is 24.5 Å². The van der Waals surface area contributed by atoms with E-state index in [2.05, 4.69) is 5.32 Å². The fourth-order valence-corrected chi connectivity index (χ4v) is 3.21. The molecule has 0 aromatic heterocycles. The Labute approximate surface area is 165 Å². The minimum Gasteiger partial charge on any atom is -0.497 e. The maximum absolute atomic E-state index is 13.1. The van der Waals surface area contributed by atoms with Crippen molar-refractivity contribution < 1.29 is 19.0 Å². The van der Waals surface area contributed by atoms with Gasteiger partial charge in [0.2, 0.25) is 0 Å². The molecule has 146 valence electrons. The molecule has 1 N–H and O–H groups in total. The number of methoxy groups -OCH3 is 2. The molecule has 0 saturated heterocycles. The van der Waals surface area contributed by atoms with Gasteiger partial charge in [0.1, 0.15) is 11.5 Å². The molecule has 0 heterocycles. The molecule has 5 nitrogen and oxygen atoms in total. The fourth-order valence-electron chi connectivity index (χ4n) is 3.21. The predicted octanol–water partition coefficient (Wildman–Crippen LogP) is 4.36. The maximum atomic E-state index is 13.1. The summed E-state index contributed by atoms with van der Waals surface area (Å²) in [6.07, 6.45) is -0.287. The number of rotatable bonds is 8. The smallest absolute Gasteiger partial charge is 0.255 e. The molecule has 0 radical (unpaired) electrons. The molecule has 1 unspecified atom stereocenters. The zero-order valence-corrected chi connectivity index (χ0v) is 16.4. The van der Waals surface area contributed by atoms with Crippen molar-refractivity contribution in [1.29, 1.82) is 0 Å². The Hall–Kier alpha value is -3.05. The van der Waals surface area contributed by atoms with Gasteiger partial charge in [-0.3, -0.25) is 4.79 Å². The molecule has 0 saturated carbocycles. The number of carbonyl (C=O) groups is 1. The molecule has 0 fully saturated rings. The molecule has 1 amide bonds. The highest BCUT2D eigenvalue weighted by Crippen LogP contribution is 2.28. The van der Waals surface area contributed by atoms with E-state index in [1.165, 1.54) is 0 Å². The molecule has 3 aromatic carbocycles. The molecular weight excluding hydrogens is 354 g/mol. The third kappa shape index (κ3) is 4.26. The minimum absolute atomic E-state index is 0.190. The first-order valence-corrected chi connectivity index (χ1v) is 9.27. The van der Waals surface area contributed by atoms with Gasteiger partial charge in [0.05, 0.1) is 25.4 Å². The highest BCUT2D eigenvalue weighted by atomic mass is 16.5. The van der Waals surface area contributed by atoms with Gasteiger partial charge in [-0.25, -0.2) is 0 Å². The minimum atomic E-state index is -0.287. The van der Waals surface area contributed by atoms with E-state index in [1.807, 2.05) is 67.6 Å². The van der Waals surface area contributed by atoms with Crippen LogP contribution in [0.2, 0.25) is 0 Å². The van der Waals surface area contributed by atoms with Crippen molar-refractivity contribution in [3.05, 3.63) is 71.8 Å². The molecule has 28 heavy (non-hydrogen) atoms. The number of benzene rings is 3. The standard InChI is InChI=1S/C23H25NO4/c1-4-28-20-13-12-16-8-5-6-11-19(16)22(20)23(25)24-15-21(27-3)17-9-7-10-18(14-17)26-2/h5-14,21H,4,15H2,1-3H3,(H,24,25). The second kappa shape index (κ2) is 9.24. The highest BCUT2D eigenvalue weighted by molar-refractivity contribution is 6.09. The topological polar surface area (TPSA) is 56.8 Å². The Balaban J connectivity index is 1.84. The van der Waals surface area contributed by atoms with Crippen LogP contribution in [0.15, 0.2) is 60.7 Å². The summed E-state index contributed by atoms with van der Waals surface area (Å²) in [5.74, 6) is 1.14. The van der Waals surface area contributed by atoms with E-state index in [4.69, 9.17) is 14.2 Å². The number of fused-ring (bicyclic) bond motifs is 1. The molecule has 0 bridgehead atoms. The third-order valence-corrected chi connectivity index (χ3v) is 4.62. The molecule has 3 rings (SSSR count). The summed E-state index contributed by atoms with van der Waals surface area (Å²) in [6.45, 7) is 2.72. The van der Waals surface area contributed by atoms with Gasteiger partial charge < -0.3 is 19.5 Å². The molecular formula is C23H25NO4. The molecule has 0 aliphatic heterocycles. The predicted molar refractivity (Wildman–Crippen MR) is 110 cm³/mol. The van der Waals surface area contributed by atoms with Crippen molar-refractivity contribution in [3.8, 4) is 11.5 Å². The molecule has 1 atom stereocenters. The van der Waals surface area contributed by atoms with Crippen LogP contribution >= 0.6 is 0 Å². The quantitative estimate of drug-likeness (QED) is 0.632. The van der Waals surface area contributed by atoms with Gasteiger partial charge in [-0.05, 0) is 41.5 Å². The fraction of sp³-hybridized carbons (Fsp3) is 0.261. The lowest BCUT2D eigenvalue weighted by atomic mass is 10.0. The number of amides is 1. The largest absolute Gasteiger partial charge is 0.497 e. The van der Waals surface area contributed by atoms with Crippen LogP contribution in [0.1, 0.15) is 28.9 Å². The summed E-state index contributed by atoms with van der Waals surface area (Å²) >= 11 is 0. The van der Waals surface area contributed by atoms with E-state index in [-0.39, 0.29) is 12.0 Å². The molecule has 0 aliphatic rings. The molecule has 0 aliphatic carbocycles. The van der Waals surface area contributed by atoms with Gasteiger partial charge in [0, 0.05) is 13.7 Å². The molecule has 5 heteroatoms. The van der Waals surface area contributed by atoms with Crippen molar-refractivity contribution in [2.45, 2.75) is 13.0 Å². The van der Waals surface area contributed by atoms with Crippen molar-refractivity contribution in [2.75, 3.05) is 27.4 Å². The lowest BCUT2D eigenvalue weighted by Gasteiger charge is -2.18. The van der Waals surface area contributed by atoms with Crippen LogP contribution < -0.4 is 14.8 Å². The average Bonchev–Trinajstić information content (AvgIpc) is 2.74. The summed E-state index contributed by atoms with van der Waals surface area (Å²) in [4.78, 5) is 13.1. The van der Waals surface area contributed by atoms with Crippen LogP contribution in [0.4, 0.5) is 0 Å². The summed E-state index contributed by atoms with van der Waals surface area (Å²) in [6, 6.07) is 19.2. The van der Waals surface area contributed by atoms with Gasteiger partial charge in [-0.15, -0.1) is 0 Å². The Kier molecular flexibility index (Phi) is 6.50. The highest BCUT2D eigenvalue weighted by Gasteiger charge is 2.19. The third-order valence-electron chi connectivity index (χ3n) is 4.62. The van der Waals surface area contributed by atoms with Crippen LogP contribution in [0.25, 0.3) is 10.8 Å². The summed E-state index contributed by atoms with van der Waals surface area (Å²) < 4.78 is 16.6. The first-order valence-electron chi connectivity index (χ1n) is 9.27. The van der Waals surface area contributed by atoms with Gasteiger partial charge >= 0.3 is 0 Å². The Bertz CT molecular complexity index is 954. The van der Waals surface area contributed by atoms with Crippen LogP contribution in [-0.4, -0.2) is 33.3 Å². The van der Waals surface area contributed by atoms with Crippen molar-refractivity contribution in [1.82, 2.24) is 5.32 Å². The molecule has 3 aromatic rings. The number of nitrogens with one attached hydrogen (secondary N) is 1.